The number of nitrogens with one attached hydrogen (secondary N) is 1. The normalized spacial score (nSPS) is 34.9. The zero-order valence-electron chi connectivity index (χ0n) is 7.09. The lowest BCUT2D eigenvalue weighted by Crippen LogP contribution is -2.51. The zero-order chi connectivity index (χ0) is 8.77. The molecule has 0 aromatic carbocycles. The average Bonchev–Trinajstić information content (AvgIpc) is 2.53. The van der Waals surface area contributed by atoms with Gasteiger partial charge in [0.05, 0.1) is 0 Å². The van der Waals surface area contributed by atoms with Crippen LogP contribution in [0.3, 0.4) is 0 Å². The lowest BCUT2D eigenvalue weighted by atomic mass is 10.1. The van der Waals surface area contributed by atoms with Gasteiger partial charge < -0.3 is 10.2 Å². The molecule has 66 valence electrons. The van der Waals surface area contributed by atoms with Crippen molar-refractivity contribution in [1.82, 2.24) is 10.2 Å². The highest BCUT2D eigenvalue weighted by Gasteiger charge is 2.47. The number of carbonyl (C=O) groups excluding carboxylic acids is 2. The van der Waals surface area contributed by atoms with E-state index in [1.165, 1.54) is 0 Å². The Morgan fingerprint density at radius 2 is 2.00 bits per heavy atom. The van der Waals surface area contributed by atoms with Crippen molar-refractivity contribution >= 4 is 11.8 Å². The van der Waals surface area contributed by atoms with E-state index < -0.39 is 0 Å². The van der Waals surface area contributed by atoms with Crippen molar-refractivity contribution in [3.8, 4) is 0 Å². The predicted octanol–water partition coefficient (Wildman–Crippen LogP) is -0.155. The van der Waals surface area contributed by atoms with E-state index in [9.17, 15) is 9.59 Å². The smallest absolute Gasteiger partial charge is 0.224 e. The van der Waals surface area contributed by atoms with Crippen LogP contribution in [0.25, 0.3) is 0 Å². The molecule has 4 heteroatoms. The highest BCUT2D eigenvalue weighted by Crippen LogP contribution is 2.33. The van der Waals surface area contributed by atoms with Crippen LogP contribution >= 0.6 is 0 Å². The molecular weight excluding hydrogens is 156 g/mol. The number of hydrogen-bond donors (Lipinski definition) is 1. The minimum atomic E-state index is -0.325. The number of rotatable bonds is 0. The summed E-state index contributed by atoms with van der Waals surface area (Å²) in [4.78, 5) is 23.9. The molecule has 2 aliphatic heterocycles. The fourth-order valence-electron chi connectivity index (χ4n) is 2.03. The van der Waals surface area contributed by atoms with Gasteiger partial charge in [-0.15, -0.1) is 0 Å². The number of likely N-dealkylation sites (tertiary alicyclic amines) is 1. The maximum Gasteiger partial charge on any atom is 0.224 e. The molecule has 0 aliphatic carbocycles. The average molecular weight is 168 g/mol. The maximum atomic E-state index is 11.2. The molecule has 2 rings (SSSR count). The molecule has 2 heterocycles. The summed E-state index contributed by atoms with van der Waals surface area (Å²) < 4.78 is 0. The molecule has 2 fully saturated rings. The minimum Gasteiger partial charge on any atom is -0.333 e. The van der Waals surface area contributed by atoms with E-state index in [0.29, 0.717) is 12.8 Å². The van der Waals surface area contributed by atoms with Gasteiger partial charge in [-0.25, -0.2) is 0 Å². The summed E-state index contributed by atoms with van der Waals surface area (Å²) in [5, 5.41) is 2.88. The van der Waals surface area contributed by atoms with Gasteiger partial charge in [0.15, 0.2) is 0 Å². The second-order valence-corrected chi connectivity index (χ2v) is 3.53. The molecule has 0 aromatic heterocycles. The van der Waals surface area contributed by atoms with E-state index in [4.69, 9.17) is 0 Å². The molecule has 0 bridgehead atoms. The summed E-state index contributed by atoms with van der Waals surface area (Å²) >= 11 is 0. The highest BCUT2D eigenvalue weighted by atomic mass is 16.2. The molecule has 1 spiro atoms. The Morgan fingerprint density at radius 3 is 2.42 bits per heavy atom. The van der Waals surface area contributed by atoms with Gasteiger partial charge >= 0.3 is 0 Å². The summed E-state index contributed by atoms with van der Waals surface area (Å²) in [6, 6.07) is 0. The van der Waals surface area contributed by atoms with E-state index in [2.05, 4.69) is 5.32 Å². The Morgan fingerprint density at radius 1 is 1.33 bits per heavy atom. The van der Waals surface area contributed by atoms with Crippen LogP contribution in [0.2, 0.25) is 0 Å². The van der Waals surface area contributed by atoms with E-state index in [1.807, 2.05) is 0 Å². The van der Waals surface area contributed by atoms with E-state index in [-0.39, 0.29) is 17.5 Å². The molecule has 1 atom stereocenters. The van der Waals surface area contributed by atoms with Crippen LogP contribution in [0.5, 0.6) is 0 Å². The van der Waals surface area contributed by atoms with Gasteiger partial charge in [-0.1, -0.05) is 0 Å². The van der Waals surface area contributed by atoms with Crippen molar-refractivity contribution in [1.29, 1.82) is 0 Å². The standard InChI is InChI=1S/C8H12N2O2/c1-10-7(12)3-5-8(10)4-2-6(11)9-8/h2-5H2,1H3,(H,9,11). The zero-order valence-corrected chi connectivity index (χ0v) is 7.09. The van der Waals surface area contributed by atoms with Crippen LogP contribution < -0.4 is 5.32 Å². The number of carbonyl (C=O) groups is 2. The molecule has 1 N–H and O–H groups in total. The Kier molecular flexibility index (Phi) is 1.40. The lowest BCUT2D eigenvalue weighted by molar-refractivity contribution is -0.130. The summed E-state index contributed by atoms with van der Waals surface area (Å²) in [5.74, 6) is 0.203. The van der Waals surface area contributed by atoms with Gasteiger partial charge in [-0.2, -0.15) is 0 Å². The molecule has 2 amide bonds. The molecule has 0 saturated carbocycles. The Balaban J connectivity index is 2.22. The Hall–Kier alpha value is -1.06. The predicted molar refractivity (Wildman–Crippen MR) is 42.1 cm³/mol. The van der Waals surface area contributed by atoms with Crippen LogP contribution in [0, 0.1) is 0 Å². The van der Waals surface area contributed by atoms with Crippen LogP contribution in [0.15, 0.2) is 0 Å². The summed E-state index contributed by atoms with van der Waals surface area (Å²) in [7, 11) is 1.76. The second kappa shape index (κ2) is 2.21. The van der Waals surface area contributed by atoms with Gasteiger partial charge in [0.25, 0.3) is 0 Å². The molecule has 2 aliphatic rings. The van der Waals surface area contributed by atoms with Crippen molar-refractivity contribution in [2.45, 2.75) is 31.3 Å². The number of amides is 2. The molecule has 12 heavy (non-hydrogen) atoms. The summed E-state index contributed by atoms with van der Waals surface area (Å²) in [5.41, 5.74) is -0.325. The second-order valence-electron chi connectivity index (χ2n) is 3.53. The van der Waals surface area contributed by atoms with Gasteiger partial charge in [-0.05, 0) is 12.8 Å². The van der Waals surface area contributed by atoms with Gasteiger partial charge in [0.2, 0.25) is 11.8 Å². The first-order valence-electron chi connectivity index (χ1n) is 4.22. The fourth-order valence-corrected chi connectivity index (χ4v) is 2.03. The van der Waals surface area contributed by atoms with Crippen LogP contribution in [-0.4, -0.2) is 29.4 Å². The SMILES string of the molecule is CN1C(=O)CCC12CCC(=O)N2. The third-order valence-corrected chi connectivity index (χ3v) is 2.91. The molecule has 0 radical (unpaired) electrons. The fraction of sp³-hybridized carbons (Fsp3) is 0.750. The third-order valence-electron chi connectivity index (χ3n) is 2.91. The van der Waals surface area contributed by atoms with E-state index >= 15 is 0 Å². The van der Waals surface area contributed by atoms with Crippen molar-refractivity contribution in [3.63, 3.8) is 0 Å². The largest absolute Gasteiger partial charge is 0.333 e. The summed E-state index contributed by atoms with van der Waals surface area (Å²) in [6.45, 7) is 0. The first-order chi connectivity index (χ1) is 5.64. The first kappa shape index (κ1) is 7.58. The third kappa shape index (κ3) is 0.838. The molecular formula is C8H12N2O2. The Labute approximate surface area is 70.9 Å². The summed E-state index contributed by atoms with van der Waals surface area (Å²) in [6.07, 6.45) is 2.66. The topological polar surface area (TPSA) is 49.4 Å². The number of nitrogens with zero attached hydrogens (tertiary/aromatic N) is 1. The van der Waals surface area contributed by atoms with E-state index in [0.717, 1.165) is 12.8 Å². The van der Waals surface area contributed by atoms with Crippen LogP contribution in [0.4, 0.5) is 0 Å². The highest BCUT2D eigenvalue weighted by molar-refractivity contribution is 5.84. The molecule has 1 unspecified atom stereocenters. The van der Waals surface area contributed by atoms with Crippen molar-refractivity contribution in [3.05, 3.63) is 0 Å². The van der Waals surface area contributed by atoms with Crippen LogP contribution in [-0.2, 0) is 9.59 Å². The van der Waals surface area contributed by atoms with E-state index in [1.54, 1.807) is 11.9 Å². The minimum absolute atomic E-state index is 0.0663. The van der Waals surface area contributed by atoms with Crippen molar-refractivity contribution < 1.29 is 9.59 Å². The van der Waals surface area contributed by atoms with Crippen molar-refractivity contribution in [2.24, 2.45) is 0 Å². The Bertz CT molecular complexity index is 247. The van der Waals surface area contributed by atoms with Crippen LogP contribution in [0.1, 0.15) is 25.7 Å². The lowest BCUT2D eigenvalue weighted by Gasteiger charge is -2.31. The quantitative estimate of drug-likeness (QED) is 0.546. The monoisotopic (exact) mass is 168 g/mol. The van der Waals surface area contributed by atoms with Gasteiger partial charge in [-0.3, -0.25) is 9.59 Å². The molecule has 2 saturated heterocycles. The van der Waals surface area contributed by atoms with Gasteiger partial charge in [0.1, 0.15) is 5.66 Å². The van der Waals surface area contributed by atoms with Crippen molar-refractivity contribution in [2.75, 3.05) is 7.05 Å². The molecule has 0 aromatic rings. The first-order valence-corrected chi connectivity index (χ1v) is 4.22. The maximum absolute atomic E-state index is 11.2. The number of hydrogen-bond acceptors (Lipinski definition) is 2. The van der Waals surface area contributed by atoms with Gasteiger partial charge in [0, 0.05) is 19.9 Å². The molecule has 4 nitrogen and oxygen atoms in total.